The molecule has 3 N–H and O–H groups in total. The van der Waals surface area contributed by atoms with E-state index in [1.165, 1.54) is 10.7 Å². The third-order valence-corrected chi connectivity index (χ3v) is 5.83. The molecule has 1 aliphatic rings. The maximum absolute atomic E-state index is 12.9. The minimum atomic E-state index is -0.501. The Morgan fingerprint density at radius 3 is 2.51 bits per heavy atom. The number of hydrogen-bond donors (Lipinski definition) is 2. The normalized spacial score (nSPS) is 12.0. The number of nitrogen functional groups attached to an aromatic ring is 1. The van der Waals surface area contributed by atoms with Crippen molar-refractivity contribution in [1.29, 1.82) is 0 Å². The zero-order valence-electron chi connectivity index (χ0n) is 18.1. The summed E-state index contributed by atoms with van der Waals surface area (Å²) in [4.78, 5) is 26.7. The van der Waals surface area contributed by atoms with Gasteiger partial charge in [-0.2, -0.15) is 5.10 Å². The largest absolute Gasteiger partial charge is 0.480 e. The first-order valence-corrected chi connectivity index (χ1v) is 10.7. The zero-order valence-corrected chi connectivity index (χ0v) is 18.1. The highest BCUT2D eigenvalue weighted by atomic mass is 16.6. The summed E-state index contributed by atoms with van der Waals surface area (Å²) in [6.45, 7) is -0.0311. The van der Waals surface area contributed by atoms with Crippen molar-refractivity contribution in [2.45, 2.75) is 6.61 Å². The van der Waals surface area contributed by atoms with Crippen LogP contribution in [0.15, 0.2) is 77.6 Å². The molecule has 172 valence electrons. The Morgan fingerprint density at radius 1 is 1.03 bits per heavy atom. The number of benzene rings is 3. The first-order valence-electron chi connectivity index (χ1n) is 10.7. The number of pyridine rings is 1. The van der Waals surface area contributed by atoms with Crippen LogP contribution >= 0.6 is 0 Å². The number of nitrogens with zero attached hydrogens (tertiary/aromatic N) is 3. The fourth-order valence-electron chi connectivity index (χ4n) is 4.27. The van der Waals surface area contributed by atoms with Crippen LogP contribution in [-0.4, -0.2) is 19.7 Å². The van der Waals surface area contributed by atoms with Gasteiger partial charge >= 0.3 is 5.69 Å². The summed E-state index contributed by atoms with van der Waals surface area (Å²) in [5.41, 5.74) is 8.27. The molecule has 6 rings (SSSR count). The van der Waals surface area contributed by atoms with Crippen molar-refractivity contribution in [3.8, 4) is 34.1 Å². The number of nitrogens with two attached hydrogens (primary N) is 1. The number of ether oxygens (including phenoxy) is 2. The van der Waals surface area contributed by atoms with Crippen LogP contribution in [0.3, 0.4) is 0 Å². The third-order valence-electron chi connectivity index (χ3n) is 5.83. The fraction of sp³-hybridized carbons (Fsp3) is 0.0400. The van der Waals surface area contributed by atoms with E-state index in [9.17, 15) is 14.9 Å². The number of rotatable bonds is 4. The van der Waals surface area contributed by atoms with Gasteiger partial charge in [-0.3, -0.25) is 14.9 Å². The van der Waals surface area contributed by atoms with Crippen molar-refractivity contribution >= 4 is 22.4 Å². The number of aromatic nitrogens is 3. The van der Waals surface area contributed by atoms with Crippen molar-refractivity contribution in [3.63, 3.8) is 0 Å². The molecular formula is C25H17N5O5. The lowest BCUT2D eigenvalue weighted by atomic mass is 9.98. The lowest BCUT2D eigenvalue weighted by Gasteiger charge is -2.20. The number of hydrogen-bond acceptors (Lipinski definition) is 7. The van der Waals surface area contributed by atoms with Crippen molar-refractivity contribution in [3.05, 3.63) is 99.0 Å². The molecule has 10 nitrogen and oxygen atoms in total. The van der Waals surface area contributed by atoms with E-state index in [1.54, 1.807) is 36.4 Å². The van der Waals surface area contributed by atoms with Gasteiger partial charge in [-0.1, -0.05) is 24.3 Å². The van der Waals surface area contributed by atoms with Crippen LogP contribution in [0.25, 0.3) is 27.7 Å². The molecule has 1 aliphatic heterocycles. The molecule has 0 amide bonds. The monoisotopic (exact) mass is 467 g/mol. The van der Waals surface area contributed by atoms with Crippen LogP contribution < -0.4 is 20.8 Å². The predicted octanol–water partition coefficient (Wildman–Crippen LogP) is 4.56. The minimum absolute atomic E-state index is 0.0311. The smallest absolute Gasteiger partial charge is 0.311 e. The molecule has 0 saturated heterocycles. The van der Waals surface area contributed by atoms with Gasteiger partial charge in [-0.05, 0) is 42.5 Å². The number of nitro benzene ring substituents is 1. The summed E-state index contributed by atoms with van der Waals surface area (Å²) in [5.74, 6) is 1.62. The fourth-order valence-corrected chi connectivity index (χ4v) is 4.27. The van der Waals surface area contributed by atoms with Crippen LogP contribution in [0.4, 0.5) is 11.5 Å². The van der Waals surface area contributed by atoms with E-state index in [1.807, 2.05) is 30.3 Å². The second-order valence-corrected chi connectivity index (χ2v) is 7.94. The SMILES string of the molecule is Nc1c2c(=O)[nH]c3c(c2nn1-c1ccc(Oc2ccccc2)cc1)-c1cccc([N+](=O)[O-])c1OC3. The van der Waals surface area contributed by atoms with Crippen LogP contribution in [0.2, 0.25) is 0 Å². The maximum Gasteiger partial charge on any atom is 0.311 e. The highest BCUT2D eigenvalue weighted by molar-refractivity contribution is 6.02. The number of fused-ring (bicyclic) bond motifs is 5. The van der Waals surface area contributed by atoms with E-state index in [2.05, 4.69) is 10.1 Å². The molecule has 0 atom stereocenters. The summed E-state index contributed by atoms with van der Waals surface area (Å²) < 4.78 is 12.9. The summed E-state index contributed by atoms with van der Waals surface area (Å²) in [6, 6.07) is 21.1. The van der Waals surface area contributed by atoms with Gasteiger partial charge in [-0.25, -0.2) is 4.68 Å². The molecular weight excluding hydrogens is 450 g/mol. The summed E-state index contributed by atoms with van der Waals surface area (Å²) in [7, 11) is 0. The topological polar surface area (TPSA) is 138 Å². The van der Waals surface area contributed by atoms with Gasteiger partial charge < -0.3 is 20.2 Å². The van der Waals surface area contributed by atoms with E-state index in [0.29, 0.717) is 39.5 Å². The van der Waals surface area contributed by atoms with Gasteiger partial charge in [0.15, 0.2) is 0 Å². The molecule has 0 radical (unpaired) electrons. The standard InChI is InChI=1S/C25H17N5O5/c26-24-21-22(28-29(24)14-9-11-16(12-10-14)35-15-5-2-1-3-6-15)20-17-7-4-8-19(30(32)33)23(17)34-13-18(20)27-25(21)31/h1-12H,13,26H2,(H,27,31). The Balaban J connectivity index is 1.48. The molecule has 0 spiro atoms. The number of anilines is 1. The maximum atomic E-state index is 12.9. The second kappa shape index (κ2) is 7.73. The highest BCUT2D eigenvalue weighted by Crippen LogP contribution is 2.45. The third kappa shape index (κ3) is 3.27. The quantitative estimate of drug-likeness (QED) is 0.292. The predicted molar refractivity (Wildman–Crippen MR) is 129 cm³/mol. The average molecular weight is 467 g/mol. The summed E-state index contributed by atoms with van der Waals surface area (Å²) in [6.07, 6.45) is 0. The van der Waals surface area contributed by atoms with Gasteiger partial charge in [0.1, 0.15) is 34.8 Å². The van der Waals surface area contributed by atoms with E-state index in [-0.39, 0.29) is 29.2 Å². The van der Waals surface area contributed by atoms with E-state index < -0.39 is 10.5 Å². The highest BCUT2D eigenvalue weighted by Gasteiger charge is 2.30. The molecule has 0 saturated carbocycles. The van der Waals surface area contributed by atoms with Crippen molar-refractivity contribution in [2.75, 3.05) is 5.73 Å². The second-order valence-electron chi connectivity index (χ2n) is 7.94. The first-order chi connectivity index (χ1) is 17.0. The molecule has 2 aromatic heterocycles. The molecule has 3 aromatic carbocycles. The molecule has 5 aromatic rings. The van der Waals surface area contributed by atoms with E-state index in [0.717, 1.165) is 0 Å². The summed E-state index contributed by atoms with van der Waals surface area (Å²) >= 11 is 0. The lowest BCUT2D eigenvalue weighted by molar-refractivity contribution is -0.385. The average Bonchev–Trinajstić information content (AvgIpc) is 3.22. The number of para-hydroxylation sites is 2. The Bertz CT molecular complexity index is 1670. The molecule has 0 fully saturated rings. The van der Waals surface area contributed by atoms with E-state index >= 15 is 0 Å². The van der Waals surface area contributed by atoms with Crippen molar-refractivity contribution < 1.29 is 14.4 Å². The molecule has 0 bridgehead atoms. The van der Waals surface area contributed by atoms with Crippen LogP contribution in [-0.2, 0) is 6.61 Å². The Kier molecular flexibility index (Phi) is 4.53. The van der Waals surface area contributed by atoms with Gasteiger partial charge in [0.2, 0.25) is 5.75 Å². The molecule has 10 heteroatoms. The van der Waals surface area contributed by atoms with Crippen molar-refractivity contribution in [2.24, 2.45) is 0 Å². The molecule has 0 aliphatic carbocycles. The Morgan fingerprint density at radius 2 is 1.77 bits per heavy atom. The number of nitrogens with one attached hydrogen (secondary N) is 1. The lowest BCUT2D eigenvalue weighted by Crippen LogP contribution is -2.17. The minimum Gasteiger partial charge on any atom is -0.480 e. The van der Waals surface area contributed by atoms with Crippen molar-refractivity contribution in [1.82, 2.24) is 14.8 Å². The van der Waals surface area contributed by atoms with Gasteiger partial charge in [0.05, 0.1) is 16.3 Å². The van der Waals surface area contributed by atoms with Gasteiger partial charge in [0, 0.05) is 17.2 Å². The van der Waals surface area contributed by atoms with E-state index in [4.69, 9.17) is 15.2 Å². The summed E-state index contributed by atoms with van der Waals surface area (Å²) in [5, 5.41) is 16.4. The van der Waals surface area contributed by atoms with Gasteiger partial charge in [-0.15, -0.1) is 0 Å². The number of H-pyrrole nitrogens is 1. The Labute approximate surface area is 197 Å². The first kappa shape index (κ1) is 20.5. The molecule has 35 heavy (non-hydrogen) atoms. The van der Waals surface area contributed by atoms with Crippen LogP contribution in [0, 0.1) is 10.1 Å². The Hall–Kier alpha value is -5.12. The van der Waals surface area contributed by atoms with Crippen LogP contribution in [0.1, 0.15) is 5.69 Å². The molecule has 0 unspecified atom stereocenters. The molecule has 3 heterocycles. The van der Waals surface area contributed by atoms with Gasteiger partial charge in [0.25, 0.3) is 5.56 Å². The van der Waals surface area contributed by atoms with Crippen LogP contribution in [0.5, 0.6) is 17.2 Å². The number of aromatic amines is 1. The number of nitro groups is 1. The zero-order chi connectivity index (χ0) is 24.1.